The summed E-state index contributed by atoms with van der Waals surface area (Å²) in [5, 5.41) is 1.86. The van der Waals surface area contributed by atoms with Crippen LogP contribution in [0.5, 0.6) is 0 Å². The molecule has 2 heterocycles. The summed E-state index contributed by atoms with van der Waals surface area (Å²) in [6.45, 7) is 4.92. The van der Waals surface area contributed by atoms with Crippen LogP contribution < -0.4 is 5.84 Å². The van der Waals surface area contributed by atoms with Crippen LogP contribution in [0.3, 0.4) is 0 Å². The van der Waals surface area contributed by atoms with E-state index < -0.39 is 0 Å². The van der Waals surface area contributed by atoms with Crippen LogP contribution in [0.1, 0.15) is 19.8 Å². The van der Waals surface area contributed by atoms with Gasteiger partial charge in [-0.25, -0.2) is 0 Å². The van der Waals surface area contributed by atoms with E-state index in [0.29, 0.717) is 0 Å². The summed E-state index contributed by atoms with van der Waals surface area (Å²) in [5.41, 5.74) is 0.108. The van der Waals surface area contributed by atoms with E-state index in [9.17, 15) is 0 Å². The molecule has 2 aliphatic heterocycles. The zero-order valence-electron chi connectivity index (χ0n) is 9.23. The van der Waals surface area contributed by atoms with Crippen LogP contribution in [0.4, 0.5) is 0 Å². The van der Waals surface area contributed by atoms with E-state index >= 15 is 0 Å². The molecule has 5 heteroatoms. The third-order valence-electron chi connectivity index (χ3n) is 2.55. The largest absolute Gasteiger partial charge is 0.376 e. The van der Waals surface area contributed by atoms with E-state index in [-0.39, 0.29) is 31.9 Å². The average Bonchev–Trinajstić information content (AvgIpc) is 1.82. The zero-order chi connectivity index (χ0) is 7.90. The van der Waals surface area contributed by atoms with Gasteiger partial charge in [-0.2, -0.15) is 6.92 Å². The SMILES string of the molecule is C[C-]1CN(N)CC2(CCO2)C1.[CH3-].[Li].[Lr]. The minimum Gasteiger partial charge on any atom is -0.376 e. The van der Waals surface area contributed by atoms with Gasteiger partial charge in [0, 0.05) is 32.0 Å². The Morgan fingerprint density at radius 2 is 2.07 bits per heavy atom. The first kappa shape index (κ1) is 15.9. The van der Waals surface area contributed by atoms with Gasteiger partial charge in [0.1, 0.15) is 0 Å². The second-order valence-electron chi connectivity index (χ2n) is 3.82. The molecule has 2 rings (SSSR count). The average molecular weight is 439 g/mol. The van der Waals surface area contributed by atoms with Gasteiger partial charge in [0.05, 0.1) is 5.60 Å². The number of rotatable bonds is 0. The Labute approximate surface area is 93.1 Å². The number of ether oxygens (including phenoxy) is 1. The second kappa shape index (κ2) is 5.38. The molecule has 2 N–H and O–H groups in total. The third kappa shape index (κ3) is 2.73. The van der Waals surface area contributed by atoms with E-state index in [2.05, 4.69) is 6.92 Å². The molecule has 0 saturated carbocycles. The summed E-state index contributed by atoms with van der Waals surface area (Å²) in [6.07, 6.45) is 2.29. The van der Waals surface area contributed by atoms with Crippen molar-refractivity contribution in [1.29, 1.82) is 0 Å². The topological polar surface area (TPSA) is 38.5 Å². The van der Waals surface area contributed by atoms with Crippen LogP contribution in [0.2, 0.25) is 0 Å². The third-order valence-corrected chi connectivity index (χ3v) is 2.55. The standard InChI is InChI=1S/C8H15N2O.CH3.Li.Lr/c1-7-4-8(2-3-11-8)6-10(9)5-7;;;/h2-6,9H2,1H3;1H3;;/q2*-1;;. The zero-order valence-corrected chi connectivity index (χ0v) is 11.4. The quantitative estimate of drug-likeness (QED) is 0.338. The Balaban J connectivity index is 0. The van der Waals surface area contributed by atoms with Crippen LogP contribution in [-0.4, -0.2) is 49.2 Å². The Morgan fingerprint density at radius 3 is 2.43 bits per heavy atom. The molecule has 2 saturated heterocycles. The van der Waals surface area contributed by atoms with Gasteiger partial charge < -0.3 is 12.2 Å². The number of piperidine rings is 1. The molecule has 1 atom stereocenters. The van der Waals surface area contributed by atoms with E-state index in [1.807, 2.05) is 5.01 Å². The summed E-state index contributed by atoms with van der Waals surface area (Å²) in [4.78, 5) is 0. The molecule has 0 aromatic carbocycles. The molecule has 3 nitrogen and oxygen atoms in total. The molecule has 2 aliphatic rings. The Bertz CT molecular complexity index is 155. The number of hydrogen-bond donors (Lipinski definition) is 1. The molecule has 2 radical (unpaired) electrons. The van der Waals surface area contributed by atoms with Crippen molar-refractivity contribution in [2.45, 2.75) is 25.4 Å². The summed E-state index contributed by atoms with van der Waals surface area (Å²) in [6, 6.07) is 0. The second-order valence-corrected chi connectivity index (χ2v) is 3.82. The Hall–Kier alpha value is -0.523. The Morgan fingerprint density at radius 1 is 1.50 bits per heavy atom. The minimum absolute atomic E-state index is 0. The predicted molar refractivity (Wildman–Crippen MR) is 54.8 cm³/mol. The van der Waals surface area contributed by atoms with Crippen molar-refractivity contribution < 1.29 is 4.74 Å². The van der Waals surface area contributed by atoms with Crippen LogP contribution >= 0.6 is 0 Å². The van der Waals surface area contributed by atoms with E-state index in [4.69, 9.17) is 10.6 Å². The van der Waals surface area contributed by atoms with Crippen molar-refractivity contribution in [1.82, 2.24) is 5.01 Å². The van der Waals surface area contributed by atoms with Gasteiger partial charge in [-0.3, -0.25) is 16.8 Å². The van der Waals surface area contributed by atoms with Crippen molar-refractivity contribution in [3.8, 4) is 0 Å². The predicted octanol–water partition coefficient (Wildman–Crippen LogP) is 0.389. The van der Waals surface area contributed by atoms with Crippen molar-refractivity contribution in [2.24, 2.45) is 5.84 Å². The molecule has 0 aromatic heterocycles. The molecule has 1 unspecified atom stereocenters. The summed E-state index contributed by atoms with van der Waals surface area (Å²) < 4.78 is 5.56. The summed E-state index contributed by atoms with van der Waals surface area (Å²) in [5.74, 6) is 7.19. The number of hydrazine groups is 1. The molecular weight excluding hydrogens is 421 g/mol. The van der Waals surface area contributed by atoms with Crippen molar-refractivity contribution >= 4 is 18.9 Å². The minimum atomic E-state index is 0. The van der Waals surface area contributed by atoms with Gasteiger partial charge in [-0.05, 0) is 6.42 Å². The fraction of sp³-hybridized carbons (Fsp3) is 0.778. The molecule has 1 spiro atoms. The van der Waals surface area contributed by atoms with Gasteiger partial charge >= 0.3 is 0 Å². The maximum absolute atomic E-state index is 5.74. The maximum atomic E-state index is 5.74. The van der Waals surface area contributed by atoms with E-state index in [1.54, 1.807) is 0 Å². The van der Waals surface area contributed by atoms with Gasteiger partial charge in [0.15, 0.2) is 0 Å². The van der Waals surface area contributed by atoms with Gasteiger partial charge in [0.25, 0.3) is 0 Å². The first-order valence-electron chi connectivity index (χ1n) is 4.15. The normalized spacial score (nSPS) is 32.1. The molecule has 0 amide bonds. The van der Waals surface area contributed by atoms with Crippen LogP contribution in [0.25, 0.3) is 0 Å². The molecule has 14 heavy (non-hydrogen) atoms. The number of hydrogen-bond acceptors (Lipinski definition) is 3. The molecule has 0 aromatic rings. The van der Waals surface area contributed by atoms with Crippen molar-refractivity contribution in [2.75, 3.05) is 19.7 Å². The van der Waals surface area contributed by atoms with Gasteiger partial charge in [0.2, 0.25) is 0 Å². The maximum Gasteiger partial charge on any atom is 0.0579 e. The first-order chi connectivity index (χ1) is 5.20. The smallest absolute Gasteiger partial charge is 0.0579 e. The molecule has 0 bridgehead atoms. The van der Waals surface area contributed by atoms with Crippen molar-refractivity contribution in [3.05, 3.63) is 13.3 Å². The molecule has 2 fully saturated rings. The molecule has 88 valence electrons. The molecular formula is C9H18LiLrN2O-2. The van der Waals surface area contributed by atoms with Crippen LogP contribution in [0.15, 0.2) is 0 Å². The molecule has 0 aliphatic carbocycles. The van der Waals surface area contributed by atoms with E-state index in [0.717, 1.165) is 26.1 Å². The van der Waals surface area contributed by atoms with Crippen LogP contribution in [0, 0.1) is 13.3 Å². The number of nitrogens with zero attached hydrogens (tertiary/aromatic N) is 1. The van der Waals surface area contributed by atoms with Crippen molar-refractivity contribution in [3.63, 3.8) is 0 Å². The Kier molecular flexibility index (Phi) is 6.12. The van der Waals surface area contributed by atoms with Gasteiger partial charge in [-0.1, -0.05) is 0 Å². The first-order valence-corrected chi connectivity index (χ1v) is 4.15. The fourth-order valence-corrected chi connectivity index (χ4v) is 2.09. The van der Waals surface area contributed by atoms with Gasteiger partial charge in [-0.15, -0.1) is 13.0 Å². The fourth-order valence-electron chi connectivity index (χ4n) is 2.09. The monoisotopic (exact) mass is 439 g/mol. The number of nitrogens with two attached hydrogens (primary N) is 1. The summed E-state index contributed by atoms with van der Waals surface area (Å²) in [7, 11) is 0. The van der Waals surface area contributed by atoms with E-state index in [1.165, 1.54) is 12.3 Å². The van der Waals surface area contributed by atoms with Crippen LogP contribution in [-0.2, 0) is 4.74 Å². The summed E-state index contributed by atoms with van der Waals surface area (Å²) >= 11 is 0.